The SMILES string of the molecule is CCCC[C@@H]1CC(=O)C(Cl)(Cl)[C@@H]1C[Si](C)(C)c1ccccc1. The Labute approximate surface area is 145 Å². The zero-order valence-corrected chi connectivity index (χ0v) is 16.3. The molecular weight excluding hydrogens is 331 g/mol. The first-order valence-corrected chi connectivity index (χ1v) is 12.2. The third-order valence-electron chi connectivity index (χ3n) is 5.07. The summed E-state index contributed by atoms with van der Waals surface area (Å²) in [4.78, 5) is 12.3. The molecule has 1 aliphatic rings. The van der Waals surface area contributed by atoms with E-state index < -0.39 is 12.4 Å². The molecule has 0 radical (unpaired) electrons. The van der Waals surface area contributed by atoms with E-state index in [0.29, 0.717) is 12.3 Å². The monoisotopic (exact) mass is 356 g/mol. The molecule has 1 aromatic rings. The van der Waals surface area contributed by atoms with E-state index in [1.807, 2.05) is 6.07 Å². The van der Waals surface area contributed by atoms with Crippen LogP contribution in [-0.2, 0) is 4.79 Å². The van der Waals surface area contributed by atoms with Crippen molar-refractivity contribution in [2.45, 2.75) is 56.1 Å². The van der Waals surface area contributed by atoms with Gasteiger partial charge in [0.25, 0.3) is 0 Å². The minimum absolute atomic E-state index is 0.0276. The van der Waals surface area contributed by atoms with E-state index >= 15 is 0 Å². The first-order chi connectivity index (χ1) is 10.3. The lowest BCUT2D eigenvalue weighted by Crippen LogP contribution is -2.46. The van der Waals surface area contributed by atoms with Gasteiger partial charge >= 0.3 is 0 Å². The highest BCUT2D eigenvalue weighted by molar-refractivity contribution is 6.90. The highest BCUT2D eigenvalue weighted by Crippen LogP contribution is 2.50. The Morgan fingerprint density at radius 2 is 1.86 bits per heavy atom. The average Bonchev–Trinajstić information content (AvgIpc) is 2.69. The normalized spacial score (nSPS) is 24.7. The molecule has 1 fully saturated rings. The van der Waals surface area contributed by atoms with Gasteiger partial charge in [-0.3, -0.25) is 4.79 Å². The Morgan fingerprint density at radius 1 is 1.23 bits per heavy atom. The van der Waals surface area contributed by atoms with Crippen molar-refractivity contribution in [2.75, 3.05) is 0 Å². The van der Waals surface area contributed by atoms with Crippen molar-refractivity contribution in [1.82, 2.24) is 0 Å². The molecule has 22 heavy (non-hydrogen) atoms. The number of hydrogen-bond acceptors (Lipinski definition) is 1. The number of ketones is 1. The van der Waals surface area contributed by atoms with Crippen LogP contribution in [-0.4, -0.2) is 18.2 Å². The predicted molar refractivity (Wildman–Crippen MR) is 98.9 cm³/mol. The molecule has 122 valence electrons. The molecule has 4 heteroatoms. The Bertz CT molecular complexity index is 513. The Balaban J connectivity index is 2.21. The fourth-order valence-corrected chi connectivity index (χ4v) is 7.63. The van der Waals surface area contributed by atoms with Crippen molar-refractivity contribution < 1.29 is 4.79 Å². The van der Waals surface area contributed by atoms with Crippen LogP contribution in [0.2, 0.25) is 19.1 Å². The highest BCUT2D eigenvalue weighted by Gasteiger charge is 2.53. The van der Waals surface area contributed by atoms with Gasteiger partial charge in [-0.25, -0.2) is 0 Å². The topological polar surface area (TPSA) is 17.1 Å². The van der Waals surface area contributed by atoms with Crippen molar-refractivity contribution in [3.05, 3.63) is 30.3 Å². The molecule has 1 aromatic carbocycles. The second kappa shape index (κ2) is 7.07. The molecule has 2 rings (SSSR count). The number of rotatable bonds is 6. The minimum atomic E-state index is -1.66. The maximum atomic E-state index is 12.3. The van der Waals surface area contributed by atoms with Crippen molar-refractivity contribution >= 4 is 42.2 Å². The summed E-state index contributed by atoms with van der Waals surface area (Å²) in [6.07, 6.45) is 3.91. The quantitative estimate of drug-likeness (QED) is 0.507. The van der Waals surface area contributed by atoms with Gasteiger partial charge in [-0.05, 0) is 18.4 Å². The molecule has 1 saturated carbocycles. The van der Waals surface area contributed by atoms with E-state index in [4.69, 9.17) is 23.2 Å². The Morgan fingerprint density at radius 3 is 2.45 bits per heavy atom. The molecule has 0 amide bonds. The van der Waals surface area contributed by atoms with Gasteiger partial charge < -0.3 is 0 Å². The summed E-state index contributed by atoms with van der Waals surface area (Å²) in [5.41, 5.74) is 0. The van der Waals surface area contributed by atoms with Crippen LogP contribution < -0.4 is 5.19 Å². The lowest BCUT2D eigenvalue weighted by molar-refractivity contribution is -0.118. The molecule has 0 bridgehead atoms. The zero-order chi connectivity index (χ0) is 16.4. The van der Waals surface area contributed by atoms with Crippen LogP contribution in [0.3, 0.4) is 0 Å². The largest absolute Gasteiger partial charge is 0.296 e. The fourth-order valence-electron chi connectivity index (χ4n) is 3.64. The molecule has 0 aliphatic heterocycles. The van der Waals surface area contributed by atoms with Crippen LogP contribution >= 0.6 is 23.2 Å². The fraction of sp³-hybridized carbons (Fsp3) is 0.611. The average molecular weight is 357 g/mol. The lowest BCUT2D eigenvalue weighted by atomic mass is 9.92. The smallest absolute Gasteiger partial charge is 0.178 e. The van der Waals surface area contributed by atoms with E-state index in [9.17, 15) is 4.79 Å². The number of carbonyl (C=O) groups excluding carboxylic acids is 1. The van der Waals surface area contributed by atoms with Gasteiger partial charge in [0.15, 0.2) is 10.1 Å². The number of benzene rings is 1. The summed E-state index contributed by atoms with van der Waals surface area (Å²) in [5, 5.41) is 1.41. The molecule has 1 aliphatic carbocycles. The van der Waals surface area contributed by atoms with E-state index in [2.05, 4.69) is 44.3 Å². The third-order valence-corrected chi connectivity index (χ3v) is 9.41. The zero-order valence-electron chi connectivity index (χ0n) is 13.7. The van der Waals surface area contributed by atoms with E-state index in [-0.39, 0.29) is 11.7 Å². The van der Waals surface area contributed by atoms with Crippen molar-refractivity contribution in [3.8, 4) is 0 Å². The number of unbranched alkanes of at least 4 members (excludes halogenated alkanes) is 1. The third kappa shape index (κ3) is 3.77. The molecule has 0 N–H and O–H groups in total. The van der Waals surface area contributed by atoms with Crippen LogP contribution in [0.5, 0.6) is 0 Å². The van der Waals surface area contributed by atoms with Gasteiger partial charge in [0.1, 0.15) is 0 Å². The van der Waals surface area contributed by atoms with Crippen LogP contribution in [0.1, 0.15) is 32.6 Å². The summed E-state index contributed by atoms with van der Waals surface area (Å²) in [6, 6.07) is 11.6. The van der Waals surface area contributed by atoms with Gasteiger partial charge in [0.05, 0.1) is 8.07 Å². The molecule has 0 saturated heterocycles. The molecule has 0 aromatic heterocycles. The number of hydrogen-bond donors (Lipinski definition) is 0. The van der Waals surface area contributed by atoms with Crippen LogP contribution in [0, 0.1) is 11.8 Å². The summed E-state index contributed by atoms with van der Waals surface area (Å²) in [5.74, 6) is 0.467. The highest BCUT2D eigenvalue weighted by atomic mass is 35.5. The number of halogens is 2. The molecular formula is C18H26Cl2OSi. The second-order valence-electron chi connectivity index (χ2n) is 7.21. The number of Topliss-reactive ketones (excluding diaryl/α,β-unsaturated/α-hetero) is 1. The second-order valence-corrected chi connectivity index (χ2v) is 13.4. The maximum Gasteiger partial charge on any atom is 0.178 e. The van der Waals surface area contributed by atoms with Gasteiger partial charge in [-0.2, -0.15) is 0 Å². The molecule has 1 nitrogen and oxygen atoms in total. The van der Waals surface area contributed by atoms with Crippen molar-refractivity contribution in [1.29, 1.82) is 0 Å². The predicted octanol–water partition coefficient (Wildman–Crippen LogP) is 5.17. The van der Waals surface area contributed by atoms with Crippen molar-refractivity contribution in [3.63, 3.8) is 0 Å². The first kappa shape index (κ1) is 18.0. The summed E-state index contributed by atoms with van der Waals surface area (Å²) in [7, 11) is -1.66. The van der Waals surface area contributed by atoms with Gasteiger partial charge in [0, 0.05) is 12.3 Å². The van der Waals surface area contributed by atoms with Gasteiger partial charge in [0.2, 0.25) is 0 Å². The van der Waals surface area contributed by atoms with Gasteiger partial charge in [-0.1, -0.05) is 91.6 Å². The van der Waals surface area contributed by atoms with E-state index in [0.717, 1.165) is 25.3 Å². The van der Waals surface area contributed by atoms with Crippen LogP contribution in [0.4, 0.5) is 0 Å². The van der Waals surface area contributed by atoms with Gasteiger partial charge in [-0.15, -0.1) is 0 Å². The number of carbonyl (C=O) groups is 1. The summed E-state index contributed by atoms with van der Waals surface area (Å²) < 4.78 is -1.18. The minimum Gasteiger partial charge on any atom is -0.296 e. The molecule has 0 heterocycles. The number of alkyl halides is 2. The maximum absolute atomic E-state index is 12.3. The lowest BCUT2D eigenvalue weighted by Gasteiger charge is -2.33. The Hall–Kier alpha value is -0.313. The van der Waals surface area contributed by atoms with E-state index in [1.165, 1.54) is 5.19 Å². The van der Waals surface area contributed by atoms with Crippen LogP contribution in [0.25, 0.3) is 0 Å². The molecule has 2 atom stereocenters. The molecule has 0 spiro atoms. The first-order valence-electron chi connectivity index (χ1n) is 8.25. The molecule has 0 unspecified atom stereocenters. The summed E-state index contributed by atoms with van der Waals surface area (Å²) >= 11 is 13.0. The van der Waals surface area contributed by atoms with E-state index in [1.54, 1.807) is 0 Å². The Kier molecular flexibility index (Phi) is 5.79. The van der Waals surface area contributed by atoms with Crippen molar-refractivity contribution in [2.24, 2.45) is 11.8 Å². The standard InChI is InChI=1S/C18H26Cl2OSi/c1-4-5-9-14-12-17(21)18(19,20)16(14)13-22(2,3)15-10-7-6-8-11-15/h6-8,10-11,14,16H,4-5,9,12-13H2,1-3H3/t14-,16-/m1/s1. The summed E-state index contributed by atoms with van der Waals surface area (Å²) in [6.45, 7) is 6.89. The van der Waals surface area contributed by atoms with Crippen LogP contribution in [0.15, 0.2) is 30.3 Å².